The minimum absolute atomic E-state index is 0.549. The molecule has 4 heteroatoms. The first-order valence-corrected chi connectivity index (χ1v) is 1.83. The number of ether oxygens (including phenoxy) is 1. The van der Waals surface area contributed by atoms with Crippen molar-refractivity contribution in [3.63, 3.8) is 0 Å². The van der Waals surface area contributed by atoms with Crippen LogP contribution in [-0.2, 0) is 14.5 Å². The molecular formula is C3H4O4. The summed E-state index contributed by atoms with van der Waals surface area (Å²) in [6.45, 7) is 1.56. The molecule has 0 aromatic rings. The smallest absolute Gasteiger partial charge is 0.399 e. The van der Waals surface area contributed by atoms with Crippen LogP contribution in [0.2, 0.25) is 0 Å². The molecule has 0 N–H and O–H groups in total. The minimum atomic E-state index is -0.771. The van der Waals surface area contributed by atoms with E-state index in [9.17, 15) is 4.79 Å². The van der Waals surface area contributed by atoms with Gasteiger partial charge in [0.2, 0.25) is 6.29 Å². The third kappa shape index (κ3) is 0.806. The maximum atomic E-state index is 9.88. The summed E-state index contributed by atoms with van der Waals surface area (Å²) in [6, 6.07) is 0. The molecule has 0 aromatic heterocycles. The first-order chi connectivity index (χ1) is 3.29. The van der Waals surface area contributed by atoms with Crippen molar-refractivity contribution in [3.05, 3.63) is 0 Å². The molecule has 1 aliphatic heterocycles. The van der Waals surface area contributed by atoms with Gasteiger partial charge in [0, 0.05) is 6.92 Å². The molecule has 0 amide bonds. The van der Waals surface area contributed by atoms with E-state index in [0.29, 0.717) is 0 Å². The quantitative estimate of drug-likeness (QED) is 0.330. The van der Waals surface area contributed by atoms with Crippen molar-refractivity contribution >= 4 is 6.16 Å². The largest absolute Gasteiger partial charge is 0.543 e. The number of hydrogen-bond acceptors (Lipinski definition) is 4. The van der Waals surface area contributed by atoms with Crippen molar-refractivity contribution in [3.8, 4) is 0 Å². The van der Waals surface area contributed by atoms with E-state index in [-0.39, 0.29) is 0 Å². The Morgan fingerprint density at radius 2 is 2.43 bits per heavy atom. The molecule has 1 atom stereocenters. The lowest BCUT2D eigenvalue weighted by Crippen LogP contribution is -1.99. The van der Waals surface area contributed by atoms with Crippen LogP contribution in [0.5, 0.6) is 0 Å². The fourth-order valence-electron chi connectivity index (χ4n) is 0.282. The second kappa shape index (κ2) is 1.38. The van der Waals surface area contributed by atoms with Gasteiger partial charge in [-0.05, 0) is 0 Å². The van der Waals surface area contributed by atoms with Gasteiger partial charge in [0.1, 0.15) is 0 Å². The molecule has 0 aliphatic carbocycles. The van der Waals surface area contributed by atoms with E-state index in [2.05, 4.69) is 14.5 Å². The van der Waals surface area contributed by atoms with Gasteiger partial charge in [-0.3, -0.25) is 4.89 Å². The first-order valence-electron chi connectivity index (χ1n) is 1.83. The molecule has 1 heterocycles. The van der Waals surface area contributed by atoms with Gasteiger partial charge in [0.25, 0.3) is 0 Å². The zero-order valence-corrected chi connectivity index (χ0v) is 3.71. The van der Waals surface area contributed by atoms with Gasteiger partial charge in [-0.25, -0.2) is 4.79 Å². The van der Waals surface area contributed by atoms with E-state index in [1.807, 2.05) is 0 Å². The fourth-order valence-corrected chi connectivity index (χ4v) is 0.282. The highest BCUT2D eigenvalue weighted by Gasteiger charge is 2.21. The molecule has 1 saturated heterocycles. The average molecular weight is 104 g/mol. The molecule has 1 rings (SSSR count). The predicted octanol–water partition coefficient (Wildman–Crippen LogP) is 0.431. The highest BCUT2D eigenvalue weighted by atomic mass is 17.3. The number of hydrogen-bond donors (Lipinski definition) is 0. The third-order valence-corrected chi connectivity index (χ3v) is 0.514. The van der Waals surface area contributed by atoms with E-state index in [1.54, 1.807) is 6.92 Å². The van der Waals surface area contributed by atoms with E-state index in [1.165, 1.54) is 0 Å². The zero-order valence-electron chi connectivity index (χ0n) is 3.71. The van der Waals surface area contributed by atoms with Crippen LogP contribution >= 0.6 is 0 Å². The molecule has 1 fully saturated rings. The zero-order chi connectivity index (χ0) is 5.28. The molecule has 0 radical (unpaired) electrons. The van der Waals surface area contributed by atoms with Crippen LogP contribution in [0, 0.1) is 0 Å². The molecule has 7 heavy (non-hydrogen) atoms. The Labute approximate surface area is 39.9 Å². The Bertz CT molecular complexity index is 88.9. The van der Waals surface area contributed by atoms with Crippen LogP contribution in [0.3, 0.4) is 0 Å². The van der Waals surface area contributed by atoms with Gasteiger partial charge in [-0.15, -0.1) is 4.89 Å². The summed E-state index contributed by atoms with van der Waals surface area (Å²) in [7, 11) is 0. The Morgan fingerprint density at radius 3 is 2.57 bits per heavy atom. The Morgan fingerprint density at radius 1 is 1.71 bits per heavy atom. The minimum Gasteiger partial charge on any atom is -0.399 e. The second-order valence-electron chi connectivity index (χ2n) is 1.12. The van der Waals surface area contributed by atoms with Crippen LogP contribution in [-0.4, -0.2) is 12.4 Å². The average Bonchev–Trinajstić information content (AvgIpc) is 1.87. The summed E-state index contributed by atoms with van der Waals surface area (Å²) in [5.41, 5.74) is 0. The van der Waals surface area contributed by atoms with E-state index < -0.39 is 12.4 Å². The monoisotopic (exact) mass is 104 g/mol. The molecule has 0 bridgehead atoms. The fraction of sp³-hybridized carbons (Fsp3) is 0.667. The summed E-state index contributed by atoms with van der Waals surface area (Å²) in [5.74, 6) is 0. The molecule has 0 saturated carbocycles. The number of carbonyl (C=O) groups is 1. The van der Waals surface area contributed by atoms with Crippen molar-refractivity contribution in [1.82, 2.24) is 0 Å². The van der Waals surface area contributed by atoms with Gasteiger partial charge in [0.05, 0.1) is 0 Å². The maximum Gasteiger partial charge on any atom is 0.543 e. The second-order valence-corrected chi connectivity index (χ2v) is 1.12. The normalized spacial score (nSPS) is 29.3. The van der Waals surface area contributed by atoms with Crippen molar-refractivity contribution in [2.45, 2.75) is 13.2 Å². The van der Waals surface area contributed by atoms with Gasteiger partial charge in [-0.2, -0.15) is 0 Å². The van der Waals surface area contributed by atoms with E-state index in [4.69, 9.17) is 0 Å². The number of carbonyl (C=O) groups excluding carboxylic acids is 1. The Balaban J connectivity index is 2.40. The number of rotatable bonds is 0. The molecule has 1 unspecified atom stereocenters. The van der Waals surface area contributed by atoms with Crippen LogP contribution in [0.25, 0.3) is 0 Å². The van der Waals surface area contributed by atoms with Crippen LogP contribution in [0.15, 0.2) is 0 Å². The van der Waals surface area contributed by atoms with E-state index >= 15 is 0 Å². The van der Waals surface area contributed by atoms with Crippen molar-refractivity contribution in [2.75, 3.05) is 0 Å². The Kier molecular flexibility index (Phi) is 0.867. The predicted molar refractivity (Wildman–Crippen MR) is 18.1 cm³/mol. The third-order valence-electron chi connectivity index (χ3n) is 0.514. The summed E-state index contributed by atoms with van der Waals surface area (Å²) in [4.78, 5) is 18.0. The van der Waals surface area contributed by atoms with Crippen LogP contribution in [0.1, 0.15) is 6.92 Å². The lowest BCUT2D eigenvalue weighted by Gasteiger charge is -1.88. The van der Waals surface area contributed by atoms with Gasteiger partial charge in [0.15, 0.2) is 0 Å². The molecule has 4 nitrogen and oxygen atoms in total. The highest BCUT2D eigenvalue weighted by Crippen LogP contribution is 2.05. The standard InChI is InChI=1S/C3H4O4/c1-2-5-3(4)7-6-2/h2H,1H3. The lowest BCUT2D eigenvalue weighted by molar-refractivity contribution is -0.247. The summed E-state index contributed by atoms with van der Waals surface area (Å²) >= 11 is 0. The lowest BCUT2D eigenvalue weighted by atomic mass is 10.8. The first kappa shape index (κ1) is 4.39. The molecule has 40 valence electrons. The molecular weight excluding hydrogens is 100 g/mol. The van der Waals surface area contributed by atoms with Crippen molar-refractivity contribution in [2.24, 2.45) is 0 Å². The Hall–Kier alpha value is -0.770. The van der Waals surface area contributed by atoms with Gasteiger partial charge < -0.3 is 4.74 Å². The summed E-state index contributed by atoms with van der Waals surface area (Å²) < 4.78 is 4.28. The molecule has 1 aliphatic rings. The van der Waals surface area contributed by atoms with E-state index in [0.717, 1.165) is 0 Å². The van der Waals surface area contributed by atoms with Crippen molar-refractivity contribution in [1.29, 1.82) is 0 Å². The van der Waals surface area contributed by atoms with Crippen molar-refractivity contribution < 1.29 is 19.3 Å². The SMILES string of the molecule is CC1OOC(=O)O1. The van der Waals surface area contributed by atoms with Gasteiger partial charge in [-0.1, -0.05) is 0 Å². The summed E-state index contributed by atoms with van der Waals surface area (Å²) in [5, 5.41) is 0. The van der Waals surface area contributed by atoms with Gasteiger partial charge >= 0.3 is 6.16 Å². The number of cyclic esters (lactones) is 1. The van der Waals surface area contributed by atoms with Crippen LogP contribution in [0.4, 0.5) is 4.79 Å². The maximum absolute atomic E-state index is 9.88. The topological polar surface area (TPSA) is 44.8 Å². The molecule has 0 aromatic carbocycles. The summed E-state index contributed by atoms with van der Waals surface area (Å²) in [6.07, 6.45) is -1.32. The molecule has 0 spiro atoms. The van der Waals surface area contributed by atoms with Crippen LogP contribution < -0.4 is 0 Å². The highest BCUT2D eigenvalue weighted by molar-refractivity contribution is 5.59.